The molecule has 136 valence electrons. The third-order valence-corrected chi connectivity index (χ3v) is 4.72. The second-order valence-corrected chi connectivity index (χ2v) is 6.77. The highest BCUT2D eigenvalue weighted by Crippen LogP contribution is 2.24. The fourth-order valence-electron chi connectivity index (χ4n) is 3.04. The summed E-state index contributed by atoms with van der Waals surface area (Å²) in [5.74, 6) is 0.607. The molecule has 1 fully saturated rings. The van der Waals surface area contributed by atoms with Gasteiger partial charge in [0.1, 0.15) is 5.69 Å². The van der Waals surface area contributed by atoms with Crippen molar-refractivity contribution in [3.8, 4) is 0 Å². The van der Waals surface area contributed by atoms with Gasteiger partial charge in [0.05, 0.1) is 11.9 Å². The minimum absolute atomic E-state index is 0.209. The highest BCUT2D eigenvalue weighted by molar-refractivity contribution is 6.03. The lowest BCUT2D eigenvalue weighted by molar-refractivity contribution is 0.102. The molecule has 2 N–H and O–H groups in total. The van der Waals surface area contributed by atoms with Gasteiger partial charge < -0.3 is 15.5 Å². The number of benzene rings is 1. The first-order valence-electron chi connectivity index (χ1n) is 9.13. The minimum Gasteiger partial charge on any atom is -0.380 e. The Morgan fingerprint density at radius 2 is 1.88 bits per heavy atom. The molecule has 1 amide bonds. The number of pyridine rings is 1. The summed E-state index contributed by atoms with van der Waals surface area (Å²) in [5.41, 5.74) is 3.25. The Labute approximate surface area is 155 Å². The van der Waals surface area contributed by atoms with Crippen LogP contribution >= 0.6 is 0 Å². The van der Waals surface area contributed by atoms with Gasteiger partial charge in [0.15, 0.2) is 0 Å². The first-order chi connectivity index (χ1) is 12.7. The number of carbonyl (C=O) groups is 1. The number of carbonyl (C=O) groups excluding carboxylic acids is 1. The number of aromatic nitrogens is 1. The highest BCUT2D eigenvalue weighted by atomic mass is 16.1. The maximum Gasteiger partial charge on any atom is 0.274 e. The molecule has 2 heterocycles. The van der Waals surface area contributed by atoms with Crippen molar-refractivity contribution in [2.75, 3.05) is 35.2 Å². The normalized spacial score (nSPS) is 14.7. The fraction of sp³-hybridized carbons (Fsp3) is 0.333. The number of rotatable bonds is 6. The standard InChI is InChI=1S/C21H26N4O/c1-3-12-22-18-6-9-20(23-15-18)21(26)24-17-4-7-19(8-5-17)25-13-10-16(2)11-14-25/h3-9,15-16,22H,1,10-14H2,2H3,(H,24,26). The number of nitrogens with zero attached hydrogens (tertiary/aromatic N) is 2. The van der Waals surface area contributed by atoms with Crippen LogP contribution in [0.5, 0.6) is 0 Å². The van der Waals surface area contributed by atoms with Crippen LogP contribution in [0.4, 0.5) is 17.1 Å². The number of piperidine rings is 1. The largest absolute Gasteiger partial charge is 0.380 e. The van der Waals surface area contributed by atoms with Gasteiger partial charge in [0.25, 0.3) is 5.91 Å². The van der Waals surface area contributed by atoms with Gasteiger partial charge in [-0.25, -0.2) is 4.98 Å². The average molecular weight is 350 g/mol. The molecule has 2 aromatic rings. The number of anilines is 3. The lowest BCUT2D eigenvalue weighted by atomic mass is 9.99. The first-order valence-corrected chi connectivity index (χ1v) is 9.13. The van der Waals surface area contributed by atoms with E-state index in [0.29, 0.717) is 12.2 Å². The van der Waals surface area contributed by atoms with Crippen molar-refractivity contribution in [2.24, 2.45) is 5.92 Å². The lowest BCUT2D eigenvalue weighted by Crippen LogP contribution is -2.32. The van der Waals surface area contributed by atoms with Crippen molar-refractivity contribution in [3.63, 3.8) is 0 Å². The molecular weight excluding hydrogens is 324 g/mol. The van der Waals surface area contributed by atoms with E-state index in [1.165, 1.54) is 18.5 Å². The first kappa shape index (κ1) is 18.0. The summed E-state index contributed by atoms with van der Waals surface area (Å²) in [7, 11) is 0. The highest BCUT2D eigenvalue weighted by Gasteiger charge is 2.16. The third kappa shape index (κ3) is 4.63. The number of hydrogen-bond acceptors (Lipinski definition) is 4. The molecule has 1 aromatic carbocycles. The van der Waals surface area contributed by atoms with Crippen LogP contribution in [0.3, 0.4) is 0 Å². The van der Waals surface area contributed by atoms with E-state index in [9.17, 15) is 4.79 Å². The average Bonchev–Trinajstić information content (AvgIpc) is 2.68. The summed E-state index contributed by atoms with van der Waals surface area (Å²) < 4.78 is 0. The van der Waals surface area contributed by atoms with E-state index in [1.807, 2.05) is 18.2 Å². The molecule has 0 aliphatic carbocycles. The SMILES string of the molecule is C=CCNc1ccc(C(=O)Nc2ccc(N3CCC(C)CC3)cc2)nc1. The Morgan fingerprint density at radius 1 is 1.19 bits per heavy atom. The van der Waals surface area contributed by atoms with Crippen LogP contribution < -0.4 is 15.5 Å². The Kier molecular flexibility index (Phi) is 5.89. The molecule has 0 unspecified atom stereocenters. The molecular formula is C21H26N4O. The summed E-state index contributed by atoms with van der Waals surface area (Å²) in [6, 6.07) is 11.6. The van der Waals surface area contributed by atoms with Gasteiger partial charge in [0.2, 0.25) is 0 Å². The van der Waals surface area contributed by atoms with Crippen LogP contribution in [0, 0.1) is 5.92 Å². The molecule has 0 saturated carbocycles. The molecule has 1 aliphatic rings. The van der Waals surface area contributed by atoms with E-state index >= 15 is 0 Å². The molecule has 1 aromatic heterocycles. The van der Waals surface area contributed by atoms with Crippen LogP contribution in [-0.2, 0) is 0 Å². The van der Waals surface area contributed by atoms with Crippen LogP contribution in [0.15, 0.2) is 55.3 Å². The van der Waals surface area contributed by atoms with Crippen molar-refractivity contribution >= 4 is 23.0 Å². The van der Waals surface area contributed by atoms with Crippen molar-refractivity contribution < 1.29 is 4.79 Å². The van der Waals surface area contributed by atoms with Gasteiger partial charge in [-0.2, -0.15) is 0 Å². The van der Waals surface area contributed by atoms with E-state index in [2.05, 4.69) is 46.2 Å². The van der Waals surface area contributed by atoms with Crippen LogP contribution in [-0.4, -0.2) is 30.5 Å². The van der Waals surface area contributed by atoms with Crippen molar-refractivity contribution in [1.29, 1.82) is 0 Å². The molecule has 5 heteroatoms. The smallest absolute Gasteiger partial charge is 0.274 e. The van der Waals surface area contributed by atoms with Crippen LogP contribution in [0.1, 0.15) is 30.3 Å². The van der Waals surface area contributed by atoms with E-state index in [-0.39, 0.29) is 5.91 Å². The molecule has 3 rings (SSSR count). The zero-order valence-corrected chi connectivity index (χ0v) is 15.2. The Balaban J connectivity index is 1.58. The molecule has 26 heavy (non-hydrogen) atoms. The second-order valence-electron chi connectivity index (χ2n) is 6.77. The topological polar surface area (TPSA) is 57.3 Å². The summed E-state index contributed by atoms with van der Waals surface area (Å²) in [6.45, 7) is 8.83. The molecule has 0 radical (unpaired) electrons. The summed E-state index contributed by atoms with van der Waals surface area (Å²) in [5, 5.41) is 6.03. The monoisotopic (exact) mass is 350 g/mol. The van der Waals surface area contributed by atoms with Gasteiger partial charge >= 0.3 is 0 Å². The number of nitrogens with one attached hydrogen (secondary N) is 2. The van der Waals surface area contributed by atoms with Gasteiger partial charge in [-0.15, -0.1) is 6.58 Å². The van der Waals surface area contributed by atoms with Crippen molar-refractivity contribution in [3.05, 3.63) is 60.9 Å². The summed E-state index contributed by atoms with van der Waals surface area (Å²) in [6.07, 6.45) is 5.90. The molecule has 0 atom stereocenters. The van der Waals surface area contributed by atoms with Crippen LogP contribution in [0.2, 0.25) is 0 Å². The van der Waals surface area contributed by atoms with Gasteiger partial charge in [0, 0.05) is 31.0 Å². The van der Waals surface area contributed by atoms with E-state index < -0.39 is 0 Å². The minimum atomic E-state index is -0.209. The predicted molar refractivity (Wildman–Crippen MR) is 108 cm³/mol. The molecule has 0 spiro atoms. The summed E-state index contributed by atoms with van der Waals surface area (Å²) >= 11 is 0. The third-order valence-electron chi connectivity index (χ3n) is 4.72. The molecule has 5 nitrogen and oxygen atoms in total. The van der Waals surface area contributed by atoms with Gasteiger partial charge in [-0.1, -0.05) is 13.0 Å². The quantitative estimate of drug-likeness (QED) is 0.768. The summed E-state index contributed by atoms with van der Waals surface area (Å²) in [4.78, 5) is 19.0. The second kappa shape index (κ2) is 8.52. The Hall–Kier alpha value is -2.82. The van der Waals surface area contributed by atoms with E-state index in [1.54, 1.807) is 18.3 Å². The molecule has 1 saturated heterocycles. The van der Waals surface area contributed by atoms with E-state index in [0.717, 1.165) is 30.4 Å². The maximum absolute atomic E-state index is 12.3. The zero-order valence-electron chi connectivity index (χ0n) is 15.2. The van der Waals surface area contributed by atoms with Gasteiger partial charge in [-0.3, -0.25) is 4.79 Å². The fourth-order valence-corrected chi connectivity index (χ4v) is 3.04. The maximum atomic E-state index is 12.3. The predicted octanol–water partition coefficient (Wildman–Crippen LogP) is 4.17. The Bertz CT molecular complexity index is 732. The van der Waals surface area contributed by atoms with E-state index in [4.69, 9.17) is 0 Å². The molecule has 0 bridgehead atoms. The number of hydrogen-bond donors (Lipinski definition) is 2. The van der Waals surface area contributed by atoms with Gasteiger partial charge in [-0.05, 0) is 55.2 Å². The number of amides is 1. The lowest BCUT2D eigenvalue weighted by Gasteiger charge is -2.32. The zero-order chi connectivity index (χ0) is 18.4. The Morgan fingerprint density at radius 3 is 2.50 bits per heavy atom. The molecule has 1 aliphatic heterocycles. The van der Waals surface area contributed by atoms with Crippen molar-refractivity contribution in [1.82, 2.24) is 4.98 Å². The van der Waals surface area contributed by atoms with Crippen LogP contribution in [0.25, 0.3) is 0 Å². The van der Waals surface area contributed by atoms with Crippen molar-refractivity contribution in [2.45, 2.75) is 19.8 Å².